The second-order valence-electron chi connectivity index (χ2n) is 9.40. The van der Waals surface area contributed by atoms with Crippen LogP contribution in [0, 0.1) is 23.2 Å². The fourth-order valence-corrected chi connectivity index (χ4v) is 6.31. The topological polar surface area (TPSA) is 76.7 Å². The van der Waals surface area contributed by atoms with Crippen molar-refractivity contribution in [1.82, 2.24) is 10.6 Å². The van der Waals surface area contributed by atoms with E-state index in [-0.39, 0.29) is 18.4 Å². The van der Waals surface area contributed by atoms with Gasteiger partial charge in [0.25, 0.3) is 5.91 Å². The van der Waals surface area contributed by atoms with E-state index in [0.29, 0.717) is 35.7 Å². The Labute approximate surface area is 179 Å². The average Bonchev–Trinajstić information content (AvgIpc) is 2.71. The molecule has 30 heavy (non-hydrogen) atoms. The van der Waals surface area contributed by atoms with Crippen molar-refractivity contribution in [2.45, 2.75) is 52.4 Å². The monoisotopic (exact) mass is 414 g/mol. The van der Waals surface area contributed by atoms with Crippen molar-refractivity contribution >= 4 is 11.8 Å². The van der Waals surface area contributed by atoms with E-state index in [1.165, 1.54) is 38.5 Å². The van der Waals surface area contributed by atoms with E-state index in [1.807, 2.05) is 13.8 Å². The number of rotatable bonds is 9. The number of hydrogen-bond acceptors (Lipinski definition) is 4. The van der Waals surface area contributed by atoms with Crippen LogP contribution in [0.15, 0.2) is 18.2 Å². The maximum Gasteiger partial charge on any atom is 0.251 e. The molecule has 4 saturated carbocycles. The highest BCUT2D eigenvalue weighted by atomic mass is 16.5. The number of nitrogens with one attached hydrogen (secondary N) is 2. The summed E-state index contributed by atoms with van der Waals surface area (Å²) in [6.45, 7) is 5.54. The van der Waals surface area contributed by atoms with Crippen LogP contribution in [0.5, 0.6) is 11.5 Å². The molecule has 0 aliphatic heterocycles. The largest absolute Gasteiger partial charge is 0.490 e. The smallest absolute Gasteiger partial charge is 0.251 e. The zero-order valence-corrected chi connectivity index (χ0v) is 18.2. The second-order valence-corrected chi connectivity index (χ2v) is 9.40. The van der Waals surface area contributed by atoms with E-state index in [9.17, 15) is 9.59 Å². The first kappa shape index (κ1) is 21.0. The Bertz CT molecular complexity index is 756. The van der Waals surface area contributed by atoms with Crippen molar-refractivity contribution in [3.8, 4) is 11.5 Å². The van der Waals surface area contributed by atoms with E-state index in [0.717, 1.165) is 24.3 Å². The highest BCUT2D eigenvalue weighted by Gasteiger charge is 2.50. The van der Waals surface area contributed by atoms with Crippen LogP contribution < -0.4 is 20.1 Å². The maximum atomic E-state index is 12.5. The summed E-state index contributed by atoms with van der Waals surface area (Å²) in [5.74, 6) is 3.35. The van der Waals surface area contributed by atoms with Gasteiger partial charge in [-0.1, -0.05) is 0 Å². The highest BCUT2D eigenvalue weighted by molar-refractivity contribution is 5.97. The summed E-state index contributed by atoms with van der Waals surface area (Å²) >= 11 is 0. The summed E-state index contributed by atoms with van der Waals surface area (Å²) in [5, 5.41) is 5.84. The molecule has 0 spiro atoms. The van der Waals surface area contributed by atoms with Crippen LogP contribution in [-0.4, -0.2) is 38.1 Å². The molecule has 0 saturated heterocycles. The molecule has 6 heteroatoms. The quantitative estimate of drug-likeness (QED) is 0.648. The second kappa shape index (κ2) is 8.86. The summed E-state index contributed by atoms with van der Waals surface area (Å²) < 4.78 is 11.1. The summed E-state index contributed by atoms with van der Waals surface area (Å²) in [6, 6.07) is 5.09. The Balaban J connectivity index is 1.28. The van der Waals surface area contributed by atoms with Gasteiger partial charge in [0.1, 0.15) is 0 Å². The van der Waals surface area contributed by atoms with Gasteiger partial charge >= 0.3 is 0 Å². The van der Waals surface area contributed by atoms with Crippen LogP contribution in [0.3, 0.4) is 0 Å². The minimum atomic E-state index is -0.288. The zero-order chi connectivity index (χ0) is 21.1. The van der Waals surface area contributed by atoms with Crippen LogP contribution >= 0.6 is 0 Å². The van der Waals surface area contributed by atoms with E-state index >= 15 is 0 Å². The molecule has 5 rings (SSSR count). The molecule has 4 bridgehead atoms. The molecule has 2 amide bonds. The molecule has 0 radical (unpaired) electrons. The third-order valence-corrected chi connectivity index (χ3v) is 7.04. The molecule has 0 aromatic heterocycles. The lowest BCUT2D eigenvalue weighted by atomic mass is 9.49. The minimum Gasteiger partial charge on any atom is -0.490 e. The highest BCUT2D eigenvalue weighted by Crippen LogP contribution is 2.59. The summed E-state index contributed by atoms with van der Waals surface area (Å²) in [7, 11) is 0. The van der Waals surface area contributed by atoms with Crippen molar-refractivity contribution in [3.63, 3.8) is 0 Å². The molecule has 0 unspecified atom stereocenters. The van der Waals surface area contributed by atoms with Gasteiger partial charge in [-0.15, -0.1) is 0 Å². The van der Waals surface area contributed by atoms with Crippen molar-refractivity contribution in [1.29, 1.82) is 0 Å². The van der Waals surface area contributed by atoms with Gasteiger partial charge in [-0.3, -0.25) is 9.59 Å². The maximum absolute atomic E-state index is 12.5. The third-order valence-electron chi connectivity index (χ3n) is 7.04. The predicted molar refractivity (Wildman–Crippen MR) is 115 cm³/mol. The first-order valence-corrected chi connectivity index (χ1v) is 11.4. The fraction of sp³-hybridized carbons (Fsp3) is 0.667. The molecule has 6 nitrogen and oxygen atoms in total. The number of amides is 2. The van der Waals surface area contributed by atoms with Gasteiger partial charge in [0.05, 0.1) is 19.8 Å². The van der Waals surface area contributed by atoms with Gasteiger partial charge < -0.3 is 20.1 Å². The summed E-state index contributed by atoms with van der Waals surface area (Å²) in [6.07, 6.45) is 7.98. The number of carbonyl (C=O) groups excluding carboxylic acids is 2. The molecular weight excluding hydrogens is 380 g/mol. The van der Waals surface area contributed by atoms with E-state index in [1.54, 1.807) is 18.2 Å². The lowest BCUT2D eigenvalue weighted by molar-refractivity contribution is -0.122. The molecule has 0 heterocycles. The first-order valence-electron chi connectivity index (χ1n) is 11.4. The molecular formula is C24H34N2O4. The Morgan fingerprint density at radius 1 is 0.933 bits per heavy atom. The standard InChI is InChI=1S/C24H34N2O4/c1-3-29-20-6-5-19(10-21(20)30-4-2)23(28)25-14-22(27)26-15-24-11-16-7-17(12-24)9-18(8-16)13-24/h5-6,10,16-18H,3-4,7-9,11-15H2,1-2H3,(H,25,28)(H,26,27). The zero-order valence-electron chi connectivity index (χ0n) is 18.2. The first-order chi connectivity index (χ1) is 14.5. The van der Waals surface area contributed by atoms with Crippen LogP contribution in [0.25, 0.3) is 0 Å². The molecule has 4 aliphatic rings. The number of carbonyl (C=O) groups is 2. The molecule has 2 N–H and O–H groups in total. The Kier molecular flexibility index (Phi) is 6.21. The van der Waals surface area contributed by atoms with Crippen molar-refractivity contribution in [2.75, 3.05) is 26.3 Å². The molecule has 0 atom stereocenters. The number of benzene rings is 1. The fourth-order valence-electron chi connectivity index (χ4n) is 6.31. The molecule has 4 fully saturated rings. The Morgan fingerprint density at radius 3 is 2.13 bits per heavy atom. The average molecular weight is 415 g/mol. The lowest BCUT2D eigenvalue weighted by Crippen LogP contribution is -2.52. The van der Waals surface area contributed by atoms with Crippen LogP contribution in [0.2, 0.25) is 0 Å². The molecule has 4 aliphatic carbocycles. The lowest BCUT2D eigenvalue weighted by Gasteiger charge is -2.56. The number of hydrogen-bond donors (Lipinski definition) is 2. The van der Waals surface area contributed by atoms with Gasteiger partial charge in [-0.2, -0.15) is 0 Å². The Morgan fingerprint density at radius 2 is 1.53 bits per heavy atom. The normalized spacial score (nSPS) is 28.8. The van der Waals surface area contributed by atoms with Crippen molar-refractivity contribution in [2.24, 2.45) is 23.2 Å². The Hall–Kier alpha value is -2.24. The predicted octanol–water partition coefficient (Wildman–Crippen LogP) is 3.55. The van der Waals surface area contributed by atoms with Crippen molar-refractivity contribution < 1.29 is 19.1 Å². The molecule has 1 aromatic carbocycles. The van der Waals surface area contributed by atoms with E-state index in [4.69, 9.17) is 9.47 Å². The van der Waals surface area contributed by atoms with Gasteiger partial charge in [-0.05, 0) is 93.7 Å². The summed E-state index contributed by atoms with van der Waals surface area (Å²) in [5.41, 5.74) is 0.756. The minimum absolute atomic E-state index is 0.0115. The molecule has 1 aromatic rings. The van der Waals surface area contributed by atoms with Gasteiger partial charge in [0, 0.05) is 12.1 Å². The van der Waals surface area contributed by atoms with Gasteiger partial charge in [0.15, 0.2) is 11.5 Å². The summed E-state index contributed by atoms with van der Waals surface area (Å²) in [4.78, 5) is 24.9. The van der Waals surface area contributed by atoms with E-state index < -0.39 is 0 Å². The van der Waals surface area contributed by atoms with Gasteiger partial charge in [-0.25, -0.2) is 0 Å². The van der Waals surface area contributed by atoms with Crippen molar-refractivity contribution in [3.05, 3.63) is 23.8 Å². The van der Waals surface area contributed by atoms with Crippen LogP contribution in [-0.2, 0) is 4.79 Å². The third kappa shape index (κ3) is 4.57. The van der Waals surface area contributed by atoms with Gasteiger partial charge in [0.2, 0.25) is 5.91 Å². The SMILES string of the molecule is CCOc1ccc(C(=O)NCC(=O)NCC23CC4CC(CC(C4)C2)C3)cc1OCC. The van der Waals surface area contributed by atoms with E-state index in [2.05, 4.69) is 10.6 Å². The molecule has 164 valence electrons. The van der Waals surface area contributed by atoms with Crippen LogP contribution in [0.1, 0.15) is 62.7 Å². The number of ether oxygens (including phenoxy) is 2. The van der Waals surface area contributed by atoms with Crippen LogP contribution in [0.4, 0.5) is 0 Å².